The first-order valence-corrected chi connectivity index (χ1v) is 12.0. The summed E-state index contributed by atoms with van der Waals surface area (Å²) in [5.74, 6) is 1.54. The molecule has 3 nitrogen and oxygen atoms in total. The molecular weight excluding hydrogens is 405 g/mol. The van der Waals surface area contributed by atoms with Crippen LogP contribution in [0.25, 0.3) is 0 Å². The summed E-state index contributed by atoms with van der Waals surface area (Å²) in [6.07, 6.45) is 7.20. The Labute approximate surface area is 184 Å². The van der Waals surface area contributed by atoms with E-state index in [1.54, 1.807) is 6.92 Å². The summed E-state index contributed by atoms with van der Waals surface area (Å²) in [6.45, 7) is 4.37. The second-order valence-electron chi connectivity index (χ2n) is 9.83. The molecule has 0 spiro atoms. The highest BCUT2D eigenvalue weighted by molar-refractivity contribution is 5.69. The zero-order chi connectivity index (χ0) is 22.6. The molecule has 0 aromatic rings. The van der Waals surface area contributed by atoms with Crippen LogP contribution in [0.1, 0.15) is 71.6 Å². The number of ether oxygens (including phenoxy) is 1. The summed E-state index contributed by atoms with van der Waals surface area (Å²) >= 11 is 0. The number of esters is 1. The lowest BCUT2D eigenvalue weighted by molar-refractivity contribution is -0.143. The van der Waals surface area contributed by atoms with Crippen molar-refractivity contribution in [3.05, 3.63) is 23.8 Å². The van der Waals surface area contributed by atoms with E-state index in [-0.39, 0.29) is 29.8 Å². The molecule has 7 atom stereocenters. The van der Waals surface area contributed by atoms with Gasteiger partial charge in [-0.25, -0.2) is 0 Å². The van der Waals surface area contributed by atoms with Crippen LogP contribution in [0.4, 0.5) is 13.2 Å². The van der Waals surface area contributed by atoms with Crippen LogP contribution < -0.4 is 0 Å². The van der Waals surface area contributed by atoms with Gasteiger partial charge in [-0.3, -0.25) is 4.79 Å². The topological polar surface area (TPSA) is 46.5 Å². The first-order valence-electron chi connectivity index (χ1n) is 12.0. The van der Waals surface area contributed by atoms with Crippen molar-refractivity contribution in [2.24, 2.45) is 35.5 Å². The van der Waals surface area contributed by atoms with Crippen LogP contribution in [-0.2, 0) is 9.53 Å². The highest BCUT2D eigenvalue weighted by atomic mass is 19.4. The normalized spacial score (nSPS) is 36.7. The van der Waals surface area contributed by atoms with E-state index in [4.69, 9.17) is 4.74 Å². The van der Waals surface area contributed by atoms with Gasteiger partial charge in [-0.1, -0.05) is 25.2 Å². The highest BCUT2D eigenvalue weighted by Gasteiger charge is 2.41. The van der Waals surface area contributed by atoms with Gasteiger partial charge in [0.15, 0.2) is 0 Å². The van der Waals surface area contributed by atoms with Crippen molar-refractivity contribution in [3.63, 3.8) is 0 Å². The second-order valence-corrected chi connectivity index (χ2v) is 9.83. The van der Waals surface area contributed by atoms with Crippen molar-refractivity contribution in [2.45, 2.75) is 83.9 Å². The molecule has 0 amide bonds. The summed E-state index contributed by atoms with van der Waals surface area (Å²) in [5.41, 5.74) is -0.332. The Balaban J connectivity index is 1.63. The van der Waals surface area contributed by atoms with Crippen LogP contribution in [0.2, 0.25) is 0 Å². The lowest BCUT2D eigenvalue weighted by Crippen LogP contribution is -2.36. The second kappa shape index (κ2) is 10.5. The first-order chi connectivity index (χ1) is 14.7. The summed E-state index contributed by atoms with van der Waals surface area (Å²) < 4.78 is 44.7. The van der Waals surface area contributed by atoms with Crippen LogP contribution >= 0.6 is 0 Å². The number of rotatable bonds is 6. The minimum absolute atomic E-state index is 0.0321. The molecule has 3 aliphatic rings. The summed E-state index contributed by atoms with van der Waals surface area (Å²) in [7, 11) is 0. The fourth-order valence-electron chi connectivity index (χ4n) is 6.32. The van der Waals surface area contributed by atoms with E-state index in [0.717, 1.165) is 25.7 Å². The van der Waals surface area contributed by atoms with Gasteiger partial charge in [0.2, 0.25) is 0 Å². The summed E-state index contributed by atoms with van der Waals surface area (Å²) in [6, 6.07) is 0. The Morgan fingerprint density at radius 2 is 1.97 bits per heavy atom. The molecule has 0 radical (unpaired) electrons. The number of hydrogen-bond acceptors (Lipinski definition) is 3. The lowest BCUT2D eigenvalue weighted by Gasteiger charge is -2.44. The molecule has 1 N–H and O–H groups in total. The monoisotopic (exact) mass is 442 g/mol. The fourth-order valence-corrected chi connectivity index (χ4v) is 6.32. The Morgan fingerprint density at radius 3 is 2.65 bits per heavy atom. The van der Waals surface area contributed by atoms with E-state index in [1.807, 2.05) is 6.08 Å². The highest BCUT2D eigenvalue weighted by Crippen LogP contribution is 2.48. The van der Waals surface area contributed by atoms with Crippen molar-refractivity contribution >= 4 is 5.97 Å². The van der Waals surface area contributed by atoms with E-state index in [9.17, 15) is 23.1 Å². The van der Waals surface area contributed by atoms with Gasteiger partial charge in [-0.05, 0) is 93.8 Å². The van der Waals surface area contributed by atoms with Crippen LogP contribution in [0, 0.1) is 35.5 Å². The number of aliphatic hydroxyl groups excluding tert-OH is 1. The zero-order valence-electron chi connectivity index (χ0n) is 18.7. The van der Waals surface area contributed by atoms with Gasteiger partial charge < -0.3 is 9.84 Å². The Kier molecular flexibility index (Phi) is 8.28. The first kappa shape index (κ1) is 24.3. The molecular formula is C25H37F3O3. The molecule has 7 unspecified atom stereocenters. The maximum Gasteiger partial charge on any atom is 0.412 e. The third kappa shape index (κ3) is 6.36. The number of carbonyl (C=O) groups excluding carboxylic acids is 1. The lowest BCUT2D eigenvalue weighted by atomic mass is 9.61. The predicted molar refractivity (Wildman–Crippen MR) is 114 cm³/mol. The summed E-state index contributed by atoms with van der Waals surface area (Å²) in [4.78, 5) is 11.8. The smallest absolute Gasteiger partial charge is 0.412 e. The van der Waals surface area contributed by atoms with Gasteiger partial charge in [0.05, 0.1) is 12.7 Å². The Bertz CT molecular complexity index is 669. The van der Waals surface area contributed by atoms with Gasteiger partial charge in [0.25, 0.3) is 0 Å². The van der Waals surface area contributed by atoms with Gasteiger partial charge in [-0.2, -0.15) is 13.2 Å². The molecule has 1 saturated carbocycles. The maximum absolute atomic E-state index is 13.2. The van der Waals surface area contributed by atoms with Crippen LogP contribution in [-0.4, -0.2) is 30.0 Å². The number of allylic oxidation sites excluding steroid dienone is 3. The van der Waals surface area contributed by atoms with Gasteiger partial charge in [0, 0.05) is 12.0 Å². The number of aliphatic hydroxyl groups is 1. The molecule has 0 aliphatic heterocycles. The van der Waals surface area contributed by atoms with E-state index >= 15 is 0 Å². The predicted octanol–water partition coefficient (Wildman–Crippen LogP) is 6.22. The largest absolute Gasteiger partial charge is 0.466 e. The summed E-state index contributed by atoms with van der Waals surface area (Å²) in [5, 5.41) is 10.1. The van der Waals surface area contributed by atoms with Crippen LogP contribution in [0.3, 0.4) is 0 Å². The zero-order valence-corrected chi connectivity index (χ0v) is 18.7. The molecule has 3 aliphatic carbocycles. The van der Waals surface area contributed by atoms with Crippen LogP contribution in [0.15, 0.2) is 23.8 Å². The fraction of sp³-hybridized carbons (Fsp3) is 0.800. The van der Waals surface area contributed by atoms with E-state index in [0.29, 0.717) is 56.0 Å². The number of carbonyl (C=O) groups is 1. The van der Waals surface area contributed by atoms with Gasteiger partial charge in [0.1, 0.15) is 0 Å². The van der Waals surface area contributed by atoms with E-state index < -0.39 is 12.3 Å². The third-order valence-corrected chi connectivity index (χ3v) is 7.80. The van der Waals surface area contributed by atoms with Crippen molar-refractivity contribution in [2.75, 3.05) is 6.61 Å². The van der Waals surface area contributed by atoms with E-state index in [1.165, 1.54) is 6.08 Å². The molecule has 0 bridgehead atoms. The quantitative estimate of drug-likeness (QED) is 0.392. The number of alkyl halides is 3. The third-order valence-electron chi connectivity index (χ3n) is 7.80. The molecule has 0 aromatic heterocycles. The van der Waals surface area contributed by atoms with Crippen molar-refractivity contribution in [1.82, 2.24) is 0 Å². The van der Waals surface area contributed by atoms with Crippen LogP contribution in [0.5, 0.6) is 0 Å². The SMILES string of the molecule is CCOC(=O)CCC1CC(O)C=CC1C1CCC(C2C=C(C(F)(F)F)CCC2)C(C)C1. The molecule has 0 saturated heterocycles. The molecule has 3 rings (SSSR count). The molecule has 31 heavy (non-hydrogen) atoms. The average molecular weight is 443 g/mol. The molecule has 6 heteroatoms. The standard InChI is InChI=1S/C25H37F3O3/c1-3-31-24(30)12-8-19-15-21(29)9-11-23(19)18-7-10-22(16(2)13-18)17-5-4-6-20(14-17)25(26,27)28/h9,11,14,16-19,21-23,29H,3-8,10,12-13,15H2,1-2H3. The molecule has 176 valence electrons. The molecule has 0 aromatic carbocycles. The molecule has 0 heterocycles. The van der Waals surface area contributed by atoms with Crippen molar-refractivity contribution in [3.8, 4) is 0 Å². The maximum atomic E-state index is 13.2. The van der Waals surface area contributed by atoms with Gasteiger partial charge in [-0.15, -0.1) is 0 Å². The average Bonchev–Trinajstić information content (AvgIpc) is 2.72. The van der Waals surface area contributed by atoms with Gasteiger partial charge >= 0.3 is 12.1 Å². The minimum atomic E-state index is -4.20. The Morgan fingerprint density at radius 1 is 1.19 bits per heavy atom. The van der Waals surface area contributed by atoms with Crippen molar-refractivity contribution < 1.29 is 27.8 Å². The minimum Gasteiger partial charge on any atom is -0.466 e. The van der Waals surface area contributed by atoms with Crippen molar-refractivity contribution in [1.29, 1.82) is 0 Å². The Hall–Kier alpha value is -1.30. The number of hydrogen-bond donors (Lipinski definition) is 1. The number of halogens is 3. The molecule has 1 fully saturated rings. The van der Waals surface area contributed by atoms with E-state index in [2.05, 4.69) is 13.0 Å².